The molecule has 0 saturated heterocycles. The van der Waals surface area contributed by atoms with Gasteiger partial charge in [-0.05, 0) is 0 Å². The summed E-state index contributed by atoms with van der Waals surface area (Å²) in [6, 6.07) is 56.3. The Bertz CT molecular complexity index is 3130. The van der Waals surface area contributed by atoms with Crippen molar-refractivity contribution in [3.05, 3.63) is 193 Å². The maximum absolute atomic E-state index is 9.36. The summed E-state index contributed by atoms with van der Waals surface area (Å²) in [4.78, 5) is 10.1. The molecule has 0 aliphatic heterocycles. The van der Waals surface area contributed by atoms with Crippen LogP contribution in [0.15, 0.2) is 182 Å². The minimum absolute atomic E-state index is 0.0538. The van der Waals surface area contributed by atoms with Gasteiger partial charge in [0.2, 0.25) is 0 Å². The van der Waals surface area contributed by atoms with Gasteiger partial charge in [0, 0.05) is 0 Å². The van der Waals surface area contributed by atoms with Crippen LogP contribution in [0.1, 0.15) is 55.4 Å². The molecule has 0 saturated carbocycles. The van der Waals surface area contributed by atoms with Gasteiger partial charge in [-0.1, -0.05) is 0 Å². The van der Waals surface area contributed by atoms with Crippen molar-refractivity contribution in [3.8, 4) is 76.3 Å². The van der Waals surface area contributed by atoms with E-state index in [1.807, 2.05) is 36.7 Å². The van der Waals surface area contributed by atoms with Crippen LogP contribution in [0, 0.1) is 0 Å². The molecule has 0 unspecified atom stereocenters. The van der Waals surface area contributed by atoms with Crippen LogP contribution in [-0.4, -0.2) is 39.0 Å². The molecule has 0 aliphatic rings. The van der Waals surface area contributed by atoms with Gasteiger partial charge >= 0.3 is 388 Å². The first-order chi connectivity index (χ1) is 31.3. The van der Waals surface area contributed by atoms with Gasteiger partial charge in [-0.2, -0.15) is 0 Å². The van der Waals surface area contributed by atoms with Crippen LogP contribution in [0.2, 0.25) is 0 Å². The molecule has 4 heterocycles. The quantitative estimate of drug-likeness (QED) is 0.142. The second kappa shape index (κ2) is 16.6. The molecule has 0 radical (unpaired) electrons. The molecule has 0 spiro atoms. The molecule has 5 heteroatoms. The van der Waals surface area contributed by atoms with Crippen molar-refractivity contribution in [1.29, 1.82) is 0 Å². The topological polar surface area (TPSA) is 35.0 Å². The van der Waals surface area contributed by atoms with Crippen molar-refractivity contribution in [2.24, 2.45) is 0 Å². The predicted octanol–water partition coefficient (Wildman–Crippen LogP) is 15.3. The Kier molecular flexibility index (Phi) is 10.2. The molecule has 0 amide bonds. The molecule has 63 heavy (non-hydrogen) atoms. The van der Waals surface area contributed by atoms with Gasteiger partial charge in [0.15, 0.2) is 0 Å². The summed E-state index contributed by atoms with van der Waals surface area (Å²) in [7, 11) is 0. The number of ether oxygens (including phenoxy) is 1. The van der Waals surface area contributed by atoms with E-state index < -0.39 is 0 Å². The number of benzene rings is 6. The third-order valence-electron chi connectivity index (χ3n) is 11.5. The zero-order valence-electron chi connectivity index (χ0n) is 38.3. The fourth-order valence-electron chi connectivity index (χ4n) is 8.04. The van der Waals surface area contributed by atoms with E-state index in [0.29, 0.717) is 23.6 Å². The average Bonchev–Trinajstić information content (AvgIpc) is 3.84. The Balaban J connectivity index is 1.09. The first-order valence-electron chi connectivity index (χ1n) is 22.4. The Morgan fingerprint density at radius 1 is 0.413 bits per heavy atom. The van der Waals surface area contributed by atoms with E-state index in [1.165, 1.54) is 11.1 Å². The fourth-order valence-corrected chi connectivity index (χ4v) is 12.7. The van der Waals surface area contributed by atoms with Crippen LogP contribution in [-0.2, 0) is 10.8 Å². The monoisotopic (exact) mass is 950 g/mol. The SMILES string of the molecule is [2H]c1c(-c2ccc(C(C)(C)C)cc2)[se]c2c(-c3cc(Oc4cc(-c5ccccc5)cc(-c5nccc6c([2H])c(-c7ccc(C(C)(C)C)cc7)[se]c56)c4)cc(-c4ccccc4)c3)nccc12. The summed E-state index contributed by atoms with van der Waals surface area (Å²) in [5.41, 5.74) is 12.7. The molecule has 0 N–H and O–H groups in total. The van der Waals surface area contributed by atoms with Gasteiger partial charge in [0.25, 0.3) is 0 Å². The molecule has 308 valence electrons. The third-order valence-corrected chi connectivity index (χ3v) is 16.4. The van der Waals surface area contributed by atoms with Crippen molar-refractivity contribution in [2.45, 2.75) is 52.4 Å². The first-order valence-corrected chi connectivity index (χ1v) is 24.8. The molecule has 0 atom stereocenters. The molecule has 4 aromatic heterocycles. The zero-order chi connectivity index (χ0) is 45.0. The van der Waals surface area contributed by atoms with Crippen molar-refractivity contribution in [3.63, 3.8) is 0 Å². The van der Waals surface area contributed by atoms with E-state index in [2.05, 4.69) is 175 Å². The van der Waals surface area contributed by atoms with Crippen LogP contribution in [0.25, 0.3) is 84.1 Å². The Morgan fingerprint density at radius 2 is 0.794 bits per heavy atom. The fraction of sp³-hybridized carbons (Fsp3) is 0.138. The van der Waals surface area contributed by atoms with Crippen molar-refractivity contribution in [1.82, 2.24) is 9.97 Å². The first kappa shape index (κ1) is 38.6. The summed E-state index contributed by atoms with van der Waals surface area (Å²) >= 11 is -0.258. The molecular weight excluding hydrogens is 899 g/mol. The van der Waals surface area contributed by atoms with Crippen molar-refractivity contribution < 1.29 is 7.48 Å². The van der Waals surface area contributed by atoms with E-state index in [9.17, 15) is 2.74 Å². The second-order valence-electron chi connectivity index (χ2n) is 18.2. The Labute approximate surface area is 385 Å². The maximum atomic E-state index is 9.36. The minimum atomic E-state index is -0.129. The van der Waals surface area contributed by atoms with E-state index in [-0.39, 0.29) is 39.8 Å². The van der Waals surface area contributed by atoms with Crippen LogP contribution in [0.4, 0.5) is 0 Å². The van der Waals surface area contributed by atoms with Crippen molar-refractivity contribution >= 4 is 48.3 Å². The summed E-state index contributed by atoms with van der Waals surface area (Å²) in [6.07, 6.45) is 3.68. The third kappa shape index (κ3) is 8.55. The predicted molar refractivity (Wildman–Crippen MR) is 267 cm³/mol. The van der Waals surface area contributed by atoms with Crippen LogP contribution < -0.4 is 4.74 Å². The number of rotatable bonds is 8. The molecule has 6 aromatic carbocycles. The van der Waals surface area contributed by atoms with Gasteiger partial charge in [-0.15, -0.1) is 0 Å². The number of fused-ring (bicyclic) bond motifs is 2. The molecule has 10 rings (SSSR count). The summed E-state index contributed by atoms with van der Waals surface area (Å²) in [5, 5.41) is 1.88. The standard InChI is InChI=1S/C58H48N2OSe2/c1-57(2,3)47-21-17-39(18-22-47)51-35-41-25-27-59-53(55(41)62-51)45-29-43(37-13-9-7-10-14-37)31-49(33-45)61-50-32-44(38-15-11-8-12-16-38)30-46(34-50)54-56-42(26-28-60-54)36-52(63-56)40-19-23-48(24-20-40)58(4,5)6/h7-36H,1-6H3/i35D,36D. The van der Waals surface area contributed by atoms with Gasteiger partial charge in [-0.25, -0.2) is 0 Å². The summed E-state index contributed by atoms with van der Waals surface area (Å²) < 4.78 is 30.1. The van der Waals surface area contributed by atoms with Gasteiger partial charge in [0.05, 0.1) is 0 Å². The molecule has 0 bridgehead atoms. The average molecular weight is 949 g/mol. The molecule has 0 aliphatic carbocycles. The van der Waals surface area contributed by atoms with Gasteiger partial charge in [-0.3, -0.25) is 0 Å². The number of hydrogen-bond acceptors (Lipinski definition) is 3. The molecular formula is C58H48N2OSe2. The molecule has 10 aromatic rings. The van der Waals surface area contributed by atoms with E-state index >= 15 is 0 Å². The number of aromatic nitrogens is 2. The molecule has 0 fully saturated rings. The van der Waals surface area contributed by atoms with E-state index in [1.54, 1.807) is 0 Å². The van der Waals surface area contributed by atoms with E-state index in [0.717, 1.165) is 84.1 Å². The normalized spacial score (nSPS) is 12.4. The van der Waals surface area contributed by atoms with Gasteiger partial charge in [0.1, 0.15) is 0 Å². The van der Waals surface area contributed by atoms with Gasteiger partial charge < -0.3 is 0 Å². The van der Waals surface area contributed by atoms with Crippen LogP contribution in [0.3, 0.4) is 0 Å². The number of pyridine rings is 2. The Morgan fingerprint density at radius 3 is 1.17 bits per heavy atom. The second-order valence-corrected chi connectivity index (χ2v) is 22.4. The summed E-state index contributed by atoms with van der Waals surface area (Å²) in [6.45, 7) is 13.4. The number of hydrogen-bond donors (Lipinski definition) is 0. The number of nitrogens with zero attached hydrogens (tertiary/aromatic N) is 2. The van der Waals surface area contributed by atoms with Crippen LogP contribution in [0.5, 0.6) is 11.5 Å². The van der Waals surface area contributed by atoms with Crippen LogP contribution >= 0.6 is 0 Å². The zero-order valence-corrected chi connectivity index (χ0v) is 39.7. The Hall–Kier alpha value is -6.06. The molecule has 3 nitrogen and oxygen atoms in total. The summed E-state index contributed by atoms with van der Waals surface area (Å²) in [5.74, 6) is 1.37. The van der Waals surface area contributed by atoms with Crippen molar-refractivity contribution in [2.75, 3.05) is 0 Å². The van der Waals surface area contributed by atoms with E-state index in [4.69, 9.17) is 14.7 Å².